The largest absolute Gasteiger partial charge is 0.497 e. The van der Waals surface area contributed by atoms with Crippen LogP contribution in [0.3, 0.4) is 0 Å². The average Bonchev–Trinajstić information content (AvgIpc) is 3.36. The number of carbonyl (C=O) groups is 1. The Kier molecular flexibility index (Phi) is 4.52. The first-order valence-corrected chi connectivity index (χ1v) is 9.79. The first-order chi connectivity index (χ1) is 12.2. The van der Waals surface area contributed by atoms with Gasteiger partial charge in [0.25, 0.3) is 0 Å². The van der Waals surface area contributed by atoms with Gasteiger partial charge in [0, 0.05) is 10.9 Å². The van der Waals surface area contributed by atoms with Gasteiger partial charge in [0.2, 0.25) is 5.91 Å². The molecule has 0 radical (unpaired) electrons. The predicted molar refractivity (Wildman–Crippen MR) is 100 cm³/mol. The van der Waals surface area contributed by atoms with Crippen LogP contribution in [0.4, 0.5) is 0 Å². The molecule has 2 aromatic rings. The van der Waals surface area contributed by atoms with Gasteiger partial charge in [-0.2, -0.15) is 0 Å². The standard InChI is InChI=1S/C20H24N2O2S/c1-24-16-6-4-12(5-7-16)15-9-17(25-11-15)10-22-20(23)18-13-2-3-14(8-13)19(18)21/h4-7,9,11,13-14,18-19H,2-3,8,10,21H2,1H3,(H,22,23). The molecule has 132 valence electrons. The van der Waals surface area contributed by atoms with Crippen LogP contribution in [-0.2, 0) is 11.3 Å². The van der Waals surface area contributed by atoms with Crippen molar-refractivity contribution in [2.24, 2.45) is 23.5 Å². The second-order valence-corrected chi connectivity index (χ2v) is 8.18. The van der Waals surface area contributed by atoms with Gasteiger partial charge in [0.15, 0.2) is 0 Å². The smallest absolute Gasteiger partial charge is 0.225 e. The Morgan fingerprint density at radius 2 is 2.00 bits per heavy atom. The molecule has 3 N–H and O–H groups in total. The Morgan fingerprint density at radius 3 is 2.68 bits per heavy atom. The van der Waals surface area contributed by atoms with Crippen molar-refractivity contribution < 1.29 is 9.53 Å². The van der Waals surface area contributed by atoms with E-state index in [0.29, 0.717) is 18.4 Å². The summed E-state index contributed by atoms with van der Waals surface area (Å²) in [6, 6.07) is 10.2. The molecule has 2 aliphatic rings. The van der Waals surface area contributed by atoms with E-state index in [2.05, 4.69) is 28.9 Å². The maximum absolute atomic E-state index is 12.6. The van der Waals surface area contributed by atoms with Gasteiger partial charge in [-0.25, -0.2) is 0 Å². The zero-order valence-electron chi connectivity index (χ0n) is 14.4. The van der Waals surface area contributed by atoms with E-state index in [9.17, 15) is 4.79 Å². The number of methoxy groups -OCH3 is 1. The van der Waals surface area contributed by atoms with Crippen molar-refractivity contribution in [3.05, 3.63) is 40.6 Å². The highest BCUT2D eigenvalue weighted by molar-refractivity contribution is 7.10. The second-order valence-electron chi connectivity index (χ2n) is 7.18. The van der Waals surface area contributed by atoms with Crippen molar-refractivity contribution in [3.63, 3.8) is 0 Å². The van der Waals surface area contributed by atoms with Crippen molar-refractivity contribution >= 4 is 17.2 Å². The van der Waals surface area contributed by atoms with E-state index in [0.717, 1.165) is 29.0 Å². The van der Waals surface area contributed by atoms with E-state index in [-0.39, 0.29) is 17.9 Å². The number of nitrogens with one attached hydrogen (secondary N) is 1. The maximum Gasteiger partial charge on any atom is 0.225 e. The highest BCUT2D eigenvalue weighted by atomic mass is 32.1. The van der Waals surface area contributed by atoms with Gasteiger partial charge in [-0.1, -0.05) is 12.1 Å². The summed E-state index contributed by atoms with van der Waals surface area (Å²) in [6.45, 7) is 0.584. The zero-order valence-corrected chi connectivity index (χ0v) is 15.2. The third-order valence-corrected chi connectivity index (χ3v) is 6.73. The van der Waals surface area contributed by atoms with Gasteiger partial charge >= 0.3 is 0 Å². The SMILES string of the molecule is COc1ccc(-c2csc(CNC(=O)C3C4CCC(C4)C3N)c2)cc1. The fourth-order valence-electron chi connectivity index (χ4n) is 4.43. The van der Waals surface area contributed by atoms with Crippen LogP contribution in [-0.4, -0.2) is 19.1 Å². The van der Waals surface area contributed by atoms with Gasteiger partial charge < -0.3 is 15.8 Å². The molecule has 25 heavy (non-hydrogen) atoms. The summed E-state index contributed by atoms with van der Waals surface area (Å²) >= 11 is 1.68. The third-order valence-electron chi connectivity index (χ3n) is 5.80. The van der Waals surface area contributed by atoms with Crippen molar-refractivity contribution in [2.45, 2.75) is 31.8 Å². The molecule has 1 heterocycles. The number of nitrogens with two attached hydrogens (primary N) is 1. The lowest BCUT2D eigenvalue weighted by Gasteiger charge is -2.26. The number of benzene rings is 1. The molecule has 0 spiro atoms. The molecule has 1 aromatic carbocycles. The summed E-state index contributed by atoms with van der Waals surface area (Å²) in [7, 11) is 1.67. The third kappa shape index (κ3) is 3.18. The first kappa shape index (κ1) is 16.6. The molecule has 5 heteroatoms. The molecule has 0 aliphatic heterocycles. The second kappa shape index (κ2) is 6.81. The lowest BCUT2D eigenvalue weighted by atomic mass is 9.84. The molecule has 2 bridgehead atoms. The quantitative estimate of drug-likeness (QED) is 0.863. The maximum atomic E-state index is 12.6. The molecule has 1 amide bonds. The number of rotatable bonds is 5. The molecule has 4 rings (SSSR count). The van der Waals surface area contributed by atoms with Crippen LogP contribution in [0.25, 0.3) is 11.1 Å². The highest BCUT2D eigenvalue weighted by Gasteiger charge is 2.48. The Bertz CT molecular complexity index is 753. The lowest BCUT2D eigenvalue weighted by Crippen LogP contribution is -2.45. The van der Waals surface area contributed by atoms with Crippen molar-refractivity contribution in [1.29, 1.82) is 0 Å². The number of thiophene rings is 1. The van der Waals surface area contributed by atoms with Crippen LogP contribution in [0.5, 0.6) is 5.75 Å². The van der Waals surface area contributed by atoms with Crippen LogP contribution < -0.4 is 15.8 Å². The first-order valence-electron chi connectivity index (χ1n) is 8.91. The van der Waals surface area contributed by atoms with Gasteiger partial charge in [0.05, 0.1) is 19.6 Å². The van der Waals surface area contributed by atoms with Crippen LogP contribution in [0.2, 0.25) is 0 Å². The Morgan fingerprint density at radius 1 is 1.24 bits per heavy atom. The summed E-state index contributed by atoms with van der Waals surface area (Å²) in [4.78, 5) is 13.7. The Labute approximate surface area is 152 Å². The van der Waals surface area contributed by atoms with Crippen molar-refractivity contribution in [3.8, 4) is 16.9 Å². The van der Waals surface area contributed by atoms with Crippen LogP contribution in [0, 0.1) is 17.8 Å². The van der Waals surface area contributed by atoms with Crippen LogP contribution >= 0.6 is 11.3 Å². The van der Waals surface area contributed by atoms with Crippen LogP contribution in [0.1, 0.15) is 24.1 Å². The summed E-state index contributed by atoms with van der Waals surface area (Å²) < 4.78 is 5.20. The summed E-state index contributed by atoms with van der Waals surface area (Å²) in [5, 5.41) is 5.24. The number of fused-ring (bicyclic) bond motifs is 2. The lowest BCUT2D eigenvalue weighted by molar-refractivity contribution is -0.127. The molecule has 4 unspecified atom stereocenters. The number of ether oxygens (including phenoxy) is 1. The average molecular weight is 356 g/mol. The number of hydrogen-bond donors (Lipinski definition) is 2. The zero-order chi connectivity index (χ0) is 17.4. The molecule has 4 nitrogen and oxygen atoms in total. The predicted octanol–water partition coefficient (Wildman–Crippen LogP) is 3.41. The van der Waals surface area contributed by atoms with E-state index in [1.165, 1.54) is 12.0 Å². The summed E-state index contributed by atoms with van der Waals surface area (Å²) in [6.07, 6.45) is 3.50. The minimum atomic E-state index is 0.0137. The topological polar surface area (TPSA) is 64.3 Å². The fraction of sp³-hybridized carbons (Fsp3) is 0.450. The molecule has 0 saturated heterocycles. The van der Waals surface area contributed by atoms with E-state index < -0.39 is 0 Å². The molecular formula is C20H24N2O2S. The van der Waals surface area contributed by atoms with E-state index in [1.807, 2.05) is 12.1 Å². The summed E-state index contributed by atoms with van der Waals surface area (Å²) in [5.41, 5.74) is 8.60. The van der Waals surface area contributed by atoms with E-state index >= 15 is 0 Å². The van der Waals surface area contributed by atoms with Gasteiger partial charge in [-0.3, -0.25) is 4.79 Å². The van der Waals surface area contributed by atoms with Crippen LogP contribution in [0.15, 0.2) is 35.7 Å². The number of hydrogen-bond acceptors (Lipinski definition) is 4. The Hall–Kier alpha value is -1.85. The molecule has 2 fully saturated rings. The molecule has 2 saturated carbocycles. The number of amides is 1. The molecule has 2 aliphatic carbocycles. The number of carbonyl (C=O) groups excluding carboxylic acids is 1. The minimum Gasteiger partial charge on any atom is -0.497 e. The molecular weight excluding hydrogens is 332 g/mol. The van der Waals surface area contributed by atoms with Gasteiger partial charge in [0.1, 0.15) is 5.75 Å². The normalized spacial score (nSPS) is 27.4. The highest BCUT2D eigenvalue weighted by Crippen LogP contribution is 2.47. The molecule has 1 aromatic heterocycles. The van der Waals surface area contributed by atoms with E-state index in [4.69, 9.17) is 10.5 Å². The molecule has 4 atom stereocenters. The Balaban J connectivity index is 1.37. The van der Waals surface area contributed by atoms with Crippen molar-refractivity contribution in [2.75, 3.05) is 7.11 Å². The van der Waals surface area contributed by atoms with Gasteiger partial charge in [-0.05, 0) is 65.8 Å². The summed E-state index contributed by atoms with van der Waals surface area (Å²) in [5.74, 6) is 2.06. The monoisotopic (exact) mass is 356 g/mol. The van der Waals surface area contributed by atoms with E-state index in [1.54, 1.807) is 18.4 Å². The minimum absolute atomic E-state index is 0.0137. The van der Waals surface area contributed by atoms with Crippen molar-refractivity contribution in [1.82, 2.24) is 5.32 Å². The fourth-order valence-corrected chi connectivity index (χ4v) is 5.26. The van der Waals surface area contributed by atoms with Gasteiger partial charge in [-0.15, -0.1) is 11.3 Å².